The summed E-state index contributed by atoms with van der Waals surface area (Å²) >= 11 is 0. The second-order valence-corrected chi connectivity index (χ2v) is 5.73. The molecule has 94 valence electrons. The molecular formula is C12H25N3O. The third-order valence-electron chi connectivity index (χ3n) is 3.15. The van der Waals surface area contributed by atoms with Gasteiger partial charge in [0.2, 0.25) is 5.91 Å². The van der Waals surface area contributed by atoms with Gasteiger partial charge in [-0.3, -0.25) is 4.79 Å². The Morgan fingerprint density at radius 1 is 1.56 bits per heavy atom. The van der Waals surface area contributed by atoms with Crippen molar-refractivity contribution in [2.75, 3.05) is 27.2 Å². The first kappa shape index (κ1) is 13.5. The summed E-state index contributed by atoms with van der Waals surface area (Å²) < 4.78 is 0. The van der Waals surface area contributed by atoms with E-state index in [0.29, 0.717) is 12.5 Å². The van der Waals surface area contributed by atoms with E-state index in [4.69, 9.17) is 5.73 Å². The van der Waals surface area contributed by atoms with Crippen LogP contribution in [-0.2, 0) is 4.79 Å². The predicted octanol–water partition coefficient (Wildman–Crippen LogP) is 0.666. The minimum absolute atomic E-state index is 0.160. The van der Waals surface area contributed by atoms with E-state index in [1.165, 1.54) is 6.42 Å². The Bertz CT molecular complexity index is 247. The van der Waals surface area contributed by atoms with Gasteiger partial charge >= 0.3 is 0 Å². The lowest BCUT2D eigenvalue weighted by atomic mass is 9.99. The summed E-state index contributed by atoms with van der Waals surface area (Å²) in [5.74, 6) is 0.160. The van der Waals surface area contributed by atoms with Gasteiger partial charge < -0.3 is 15.5 Å². The molecule has 0 saturated carbocycles. The van der Waals surface area contributed by atoms with Crippen molar-refractivity contribution in [2.45, 2.75) is 44.7 Å². The van der Waals surface area contributed by atoms with Gasteiger partial charge in [0.25, 0.3) is 0 Å². The number of hydrogen-bond acceptors (Lipinski definition) is 3. The summed E-state index contributed by atoms with van der Waals surface area (Å²) in [4.78, 5) is 16.2. The third kappa shape index (κ3) is 4.10. The van der Waals surface area contributed by atoms with Gasteiger partial charge in [-0.05, 0) is 40.3 Å². The topological polar surface area (TPSA) is 49.6 Å². The van der Waals surface area contributed by atoms with E-state index < -0.39 is 5.54 Å². The Labute approximate surface area is 98.8 Å². The highest BCUT2D eigenvalue weighted by molar-refractivity contribution is 5.77. The van der Waals surface area contributed by atoms with Gasteiger partial charge in [-0.1, -0.05) is 0 Å². The van der Waals surface area contributed by atoms with Crippen LogP contribution in [0, 0.1) is 0 Å². The number of nitrogens with zero attached hydrogens (tertiary/aromatic N) is 2. The zero-order valence-electron chi connectivity index (χ0n) is 11.0. The molecule has 0 aromatic heterocycles. The van der Waals surface area contributed by atoms with Crippen LogP contribution in [0.3, 0.4) is 0 Å². The smallest absolute Gasteiger partial charge is 0.224 e. The maximum Gasteiger partial charge on any atom is 0.224 e. The van der Waals surface area contributed by atoms with E-state index in [9.17, 15) is 4.79 Å². The molecule has 16 heavy (non-hydrogen) atoms. The van der Waals surface area contributed by atoms with Crippen molar-refractivity contribution in [3.63, 3.8) is 0 Å². The van der Waals surface area contributed by atoms with Crippen molar-refractivity contribution in [3.8, 4) is 0 Å². The number of piperidine rings is 1. The van der Waals surface area contributed by atoms with Crippen molar-refractivity contribution < 1.29 is 4.79 Å². The van der Waals surface area contributed by atoms with Gasteiger partial charge in [0.1, 0.15) is 0 Å². The van der Waals surface area contributed by atoms with E-state index in [1.54, 1.807) is 0 Å². The van der Waals surface area contributed by atoms with Crippen LogP contribution < -0.4 is 5.73 Å². The minimum atomic E-state index is -0.411. The Balaban J connectivity index is 2.49. The van der Waals surface area contributed by atoms with Gasteiger partial charge in [-0.15, -0.1) is 0 Å². The molecule has 1 heterocycles. The van der Waals surface area contributed by atoms with Crippen molar-refractivity contribution in [2.24, 2.45) is 5.73 Å². The molecule has 1 rings (SSSR count). The summed E-state index contributed by atoms with van der Waals surface area (Å²) in [6, 6.07) is 0.355. The fourth-order valence-electron chi connectivity index (χ4n) is 2.17. The molecule has 1 unspecified atom stereocenters. The lowest BCUT2D eigenvalue weighted by Crippen LogP contribution is -2.49. The van der Waals surface area contributed by atoms with E-state index in [0.717, 1.165) is 19.5 Å². The second-order valence-electron chi connectivity index (χ2n) is 5.73. The molecule has 0 aromatic rings. The molecule has 0 spiro atoms. The van der Waals surface area contributed by atoms with Gasteiger partial charge in [-0.2, -0.15) is 0 Å². The van der Waals surface area contributed by atoms with Crippen molar-refractivity contribution in [3.05, 3.63) is 0 Å². The lowest BCUT2D eigenvalue weighted by Gasteiger charge is -2.36. The van der Waals surface area contributed by atoms with Crippen molar-refractivity contribution >= 4 is 5.91 Å². The molecule has 1 aliphatic heterocycles. The number of amides is 1. The van der Waals surface area contributed by atoms with E-state index in [-0.39, 0.29) is 5.91 Å². The number of nitrogens with two attached hydrogens (primary N) is 1. The van der Waals surface area contributed by atoms with Crippen LogP contribution in [0.5, 0.6) is 0 Å². The van der Waals surface area contributed by atoms with Gasteiger partial charge in [0.05, 0.1) is 0 Å². The van der Waals surface area contributed by atoms with Crippen molar-refractivity contribution in [1.82, 2.24) is 9.80 Å². The van der Waals surface area contributed by atoms with Crippen molar-refractivity contribution in [1.29, 1.82) is 0 Å². The minimum Gasteiger partial charge on any atom is -0.341 e. The summed E-state index contributed by atoms with van der Waals surface area (Å²) in [5.41, 5.74) is 5.46. The van der Waals surface area contributed by atoms with Gasteiger partial charge in [0, 0.05) is 31.6 Å². The first-order chi connectivity index (χ1) is 7.29. The number of carbonyl (C=O) groups excluding carboxylic acids is 1. The highest BCUT2D eigenvalue weighted by atomic mass is 16.2. The normalized spacial score (nSPS) is 23.2. The second kappa shape index (κ2) is 5.15. The van der Waals surface area contributed by atoms with Gasteiger partial charge in [-0.25, -0.2) is 0 Å². The molecule has 4 nitrogen and oxygen atoms in total. The molecule has 0 radical (unpaired) electrons. The standard InChI is InChI=1S/C12H25N3O/c1-12(2,13)8-11(16)15(4)10-6-5-7-14(3)9-10/h10H,5-9,13H2,1-4H3. The summed E-state index contributed by atoms with van der Waals surface area (Å²) in [5, 5.41) is 0. The lowest BCUT2D eigenvalue weighted by molar-refractivity contribution is -0.133. The van der Waals surface area contributed by atoms with Crippen LogP contribution in [-0.4, -0.2) is 54.5 Å². The van der Waals surface area contributed by atoms with Crippen LogP contribution in [0.25, 0.3) is 0 Å². The predicted molar refractivity (Wildman–Crippen MR) is 66.2 cm³/mol. The molecule has 1 aliphatic rings. The number of hydrogen-bond donors (Lipinski definition) is 1. The largest absolute Gasteiger partial charge is 0.341 e. The van der Waals surface area contributed by atoms with E-state index >= 15 is 0 Å². The first-order valence-corrected chi connectivity index (χ1v) is 6.03. The molecule has 0 aromatic carbocycles. The van der Waals surface area contributed by atoms with Crippen LogP contribution >= 0.6 is 0 Å². The van der Waals surface area contributed by atoms with Gasteiger partial charge in [0.15, 0.2) is 0 Å². The first-order valence-electron chi connectivity index (χ1n) is 6.03. The maximum absolute atomic E-state index is 12.0. The van der Waals surface area contributed by atoms with Crippen LogP contribution in [0.4, 0.5) is 0 Å². The zero-order chi connectivity index (χ0) is 12.3. The van der Waals surface area contributed by atoms with Crippen LogP contribution in [0.15, 0.2) is 0 Å². The quantitative estimate of drug-likeness (QED) is 0.771. The van der Waals surface area contributed by atoms with E-state index in [2.05, 4.69) is 11.9 Å². The molecule has 1 fully saturated rings. The molecule has 0 aliphatic carbocycles. The summed E-state index contributed by atoms with van der Waals surface area (Å²) in [7, 11) is 4.01. The monoisotopic (exact) mass is 227 g/mol. The van der Waals surface area contributed by atoms with Crippen LogP contribution in [0.1, 0.15) is 33.1 Å². The average molecular weight is 227 g/mol. The van der Waals surface area contributed by atoms with E-state index in [1.807, 2.05) is 25.8 Å². The molecule has 1 amide bonds. The fraction of sp³-hybridized carbons (Fsp3) is 0.917. The molecule has 1 atom stereocenters. The molecule has 4 heteroatoms. The molecule has 0 bridgehead atoms. The fourth-order valence-corrected chi connectivity index (χ4v) is 2.17. The third-order valence-corrected chi connectivity index (χ3v) is 3.15. The molecule has 1 saturated heterocycles. The summed E-state index contributed by atoms with van der Waals surface area (Å²) in [6.07, 6.45) is 2.70. The number of likely N-dealkylation sites (tertiary alicyclic amines) is 1. The Hall–Kier alpha value is -0.610. The number of carbonyl (C=O) groups is 1. The Morgan fingerprint density at radius 3 is 2.69 bits per heavy atom. The highest BCUT2D eigenvalue weighted by Crippen LogP contribution is 2.16. The SMILES string of the molecule is CN1CCCC(N(C)C(=O)CC(C)(C)N)C1. The Kier molecular flexibility index (Phi) is 4.33. The highest BCUT2D eigenvalue weighted by Gasteiger charge is 2.26. The maximum atomic E-state index is 12.0. The zero-order valence-corrected chi connectivity index (χ0v) is 11.0. The molecule has 2 N–H and O–H groups in total. The molecular weight excluding hydrogens is 202 g/mol. The Morgan fingerprint density at radius 2 is 2.19 bits per heavy atom. The van der Waals surface area contributed by atoms with Crippen LogP contribution in [0.2, 0.25) is 0 Å². The summed E-state index contributed by atoms with van der Waals surface area (Å²) in [6.45, 7) is 5.91. The number of rotatable bonds is 3. The number of likely N-dealkylation sites (N-methyl/N-ethyl adjacent to an activating group) is 2. The average Bonchev–Trinajstić information content (AvgIpc) is 2.14.